The minimum Gasteiger partial charge on any atom is -0.497 e. The standard InChI is InChI=1S/C39H53N7O10S/c1-22(2)31(43-37(51)55-6)33(48)41-28-13-11-9-7-8-10-12-24-20-39(24,36(50)45-57(52,53)38(4)16-17-38)44-32(47)30-19-26(21-46(30)35(28)49)56-34-23(3)40-27-15-14-25(54-5)18-29(27)42-34/h10,12,14-15,18,22,24,26,28,30-31H,7-9,11,13,16-17,19-21H2,1-6H3,(H,41,48)(H,43,51)(H,44,47)(H,45,50)/b12-10-/t24-,26-,28+,30+,31+,39-/m1/s1. The van der Waals surface area contributed by atoms with Crippen LogP contribution in [0.25, 0.3) is 11.0 Å². The zero-order valence-corrected chi connectivity index (χ0v) is 34.1. The Balaban J connectivity index is 1.32. The van der Waals surface area contributed by atoms with Gasteiger partial charge < -0.3 is 35.1 Å². The maximum absolute atomic E-state index is 14.7. The van der Waals surface area contributed by atoms with Crippen molar-refractivity contribution in [3.05, 3.63) is 36.0 Å². The molecule has 1 saturated heterocycles. The molecule has 0 unspecified atom stereocenters. The smallest absolute Gasteiger partial charge is 0.407 e. The number of methoxy groups -OCH3 is 2. The third-order valence-electron chi connectivity index (χ3n) is 11.5. The van der Waals surface area contributed by atoms with Crippen LogP contribution in [0.2, 0.25) is 0 Å². The molecule has 0 bridgehead atoms. The molecule has 2 aliphatic carbocycles. The second-order valence-electron chi connectivity index (χ2n) is 16.1. The van der Waals surface area contributed by atoms with Gasteiger partial charge in [0.2, 0.25) is 33.6 Å². The first-order valence-corrected chi connectivity index (χ1v) is 21.0. The maximum Gasteiger partial charge on any atom is 0.407 e. The van der Waals surface area contributed by atoms with Gasteiger partial charge in [-0.05, 0) is 70.4 Å². The Morgan fingerprint density at radius 1 is 1.05 bits per heavy atom. The van der Waals surface area contributed by atoms with Gasteiger partial charge >= 0.3 is 6.09 Å². The number of hydrogen-bond acceptors (Lipinski definition) is 12. The summed E-state index contributed by atoms with van der Waals surface area (Å²) in [6.07, 6.45) is 6.11. The molecule has 57 heavy (non-hydrogen) atoms. The van der Waals surface area contributed by atoms with E-state index in [1.807, 2.05) is 12.2 Å². The van der Waals surface area contributed by atoms with Crippen molar-refractivity contribution in [3.8, 4) is 11.6 Å². The van der Waals surface area contributed by atoms with E-state index in [9.17, 15) is 32.4 Å². The average Bonchev–Trinajstić information content (AvgIpc) is 4.05. The molecule has 2 saturated carbocycles. The van der Waals surface area contributed by atoms with Gasteiger partial charge in [0.15, 0.2) is 0 Å². The highest BCUT2D eigenvalue weighted by Gasteiger charge is 2.63. The van der Waals surface area contributed by atoms with Gasteiger partial charge in [-0.15, -0.1) is 0 Å². The zero-order valence-electron chi connectivity index (χ0n) is 33.3. The quantitative estimate of drug-likeness (QED) is 0.254. The lowest BCUT2D eigenvalue weighted by Gasteiger charge is -2.31. The molecule has 3 heterocycles. The summed E-state index contributed by atoms with van der Waals surface area (Å²) in [4.78, 5) is 79.5. The molecule has 1 aromatic carbocycles. The molecule has 1 aromatic heterocycles. The number of aryl methyl sites for hydroxylation is 1. The highest BCUT2D eigenvalue weighted by atomic mass is 32.2. The lowest BCUT2D eigenvalue weighted by atomic mass is 10.0. The van der Waals surface area contributed by atoms with Crippen LogP contribution in [0.1, 0.15) is 84.3 Å². The highest BCUT2D eigenvalue weighted by Crippen LogP contribution is 2.47. The number of aromatic nitrogens is 2. The van der Waals surface area contributed by atoms with E-state index < -0.39 is 80.2 Å². The number of amides is 5. The van der Waals surface area contributed by atoms with Crippen LogP contribution in [-0.4, -0.2) is 108 Å². The topological polar surface area (TPSA) is 224 Å². The van der Waals surface area contributed by atoms with E-state index in [1.165, 1.54) is 19.1 Å². The summed E-state index contributed by atoms with van der Waals surface area (Å²) in [5.74, 6) is -2.71. The molecule has 5 amide bonds. The zero-order chi connectivity index (χ0) is 41.3. The summed E-state index contributed by atoms with van der Waals surface area (Å²) in [5, 5.41) is 8.24. The fourth-order valence-corrected chi connectivity index (χ4v) is 8.74. The number of ether oxygens (including phenoxy) is 3. The van der Waals surface area contributed by atoms with Crippen LogP contribution < -0.4 is 30.1 Å². The molecule has 4 aliphatic rings. The Hall–Kier alpha value is -5.00. The van der Waals surface area contributed by atoms with Gasteiger partial charge in [0.05, 0.1) is 36.5 Å². The second kappa shape index (κ2) is 16.5. The lowest BCUT2D eigenvalue weighted by molar-refractivity contribution is -0.142. The van der Waals surface area contributed by atoms with Crippen LogP contribution >= 0.6 is 0 Å². The van der Waals surface area contributed by atoms with Gasteiger partial charge in [-0.3, -0.25) is 23.9 Å². The van der Waals surface area contributed by atoms with Gasteiger partial charge in [-0.25, -0.2) is 23.2 Å². The average molecular weight is 812 g/mol. The number of benzene rings is 1. The largest absolute Gasteiger partial charge is 0.497 e. The minimum absolute atomic E-state index is 0.0113. The summed E-state index contributed by atoms with van der Waals surface area (Å²) in [5.41, 5.74) is 0.0420. The van der Waals surface area contributed by atoms with Gasteiger partial charge in [-0.2, -0.15) is 0 Å². The van der Waals surface area contributed by atoms with Crippen molar-refractivity contribution in [2.24, 2.45) is 11.8 Å². The lowest BCUT2D eigenvalue weighted by Crippen LogP contribution is -2.59. The Morgan fingerprint density at radius 3 is 2.49 bits per heavy atom. The van der Waals surface area contributed by atoms with Gasteiger partial charge in [0.25, 0.3) is 5.91 Å². The van der Waals surface area contributed by atoms with Crippen LogP contribution in [0.5, 0.6) is 11.6 Å². The summed E-state index contributed by atoms with van der Waals surface area (Å²) in [6, 6.07) is 1.97. The number of fused-ring (bicyclic) bond motifs is 3. The number of sulfonamides is 1. The minimum atomic E-state index is -4.02. The number of carbonyl (C=O) groups excluding carboxylic acids is 5. The molecule has 3 fully saturated rings. The SMILES string of the molecule is COC(=O)N[C@H](C(=O)N[C@H]1CCCCC/C=C\[C@@H]2C[C@@]2(C(=O)NS(=O)(=O)C2(C)CC2)NC(=O)[C@@H]2C[C@@H](Oc3nc4cc(OC)ccc4nc3C)CN2C1=O)C(C)C. The van der Waals surface area contributed by atoms with Crippen molar-refractivity contribution in [1.29, 1.82) is 0 Å². The first-order valence-electron chi connectivity index (χ1n) is 19.5. The van der Waals surface area contributed by atoms with Crippen molar-refractivity contribution in [2.45, 2.75) is 120 Å². The summed E-state index contributed by atoms with van der Waals surface area (Å²) in [6.45, 7) is 6.72. The maximum atomic E-state index is 14.7. The molecule has 6 rings (SSSR count). The second-order valence-corrected chi connectivity index (χ2v) is 18.3. The molecular formula is C39H53N7O10S. The number of alkyl carbamates (subject to hydrolysis) is 1. The van der Waals surface area contributed by atoms with E-state index in [0.717, 1.165) is 6.42 Å². The molecule has 6 atom stereocenters. The predicted molar refractivity (Wildman–Crippen MR) is 207 cm³/mol. The van der Waals surface area contributed by atoms with Crippen LogP contribution in [0.4, 0.5) is 4.79 Å². The monoisotopic (exact) mass is 811 g/mol. The molecule has 0 radical (unpaired) electrons. The summed E-state index contributed by atoms with van der Waals surface area (Å²) in [7, 11) is -1.30. The Kier molecular flexibility index (Phi) is 12.0. The number of nitrogens with one attached hydrogen (secondary N) is 4. The number of carbonyl (C=O) groups is 5. The van der Waals surface area contributed by atoms with Crippen molar-refractivity contribution >= 4 is 50.8 Å². The number of allylic oxidation sites excluding steroid dienone is 1. The molecular weight excluding hydrogens is 759 g/mol. The van der Waals surface area contributed by atoms with Crippen LogP contribution in [0, 0.1) is 18.8 Å². The number of rotatable bonds is 10. The van der Waals surface area contributed by atoms with Gasteiger partial charge in [0.1, 0.15) is 41.2 Å². The van der Waals surface area contributed by atoms with Crippen molar-refractivity contribution < 1.29 is 46.6 Å². The van der Waals surface area contributed by atoms with Crippen LogP contribution in [0.3, 0.4) is 0 Å². The van der Waals surface area contributed by atoms with Gasteiger partial charge in [0, 0.05) is 18.4 Å². The normalized spacial score (nSPS) is 27.0. The van der Waals surface area contributed by atoms with E-state index in [0.29, 0.717) is 54.6 Å². The fourth-order valence-electron chi connectivity index (χ4n) is 7.43. The van der Waals surface area contributed by atoms with Crippen LogP contribution in [0.15, 0.2) is 30.4 Å². The third kappa shape index (κ3) is 8.95. The number of nitrogens with zero attached hydrogens (tertiary/aromatic N) is 3. The van der Waals surface area contributed by atoms with E-state index >= 15 is 0 Å². The third-order valence-corrected chi connectivity index (χ3v) is 13.6. The van der Waals surface area contributed by atoms with E-state index in [4.69, 9.17) is 14.2 Å². The summed E-state index contributed by atoms with van der Waals surface area (Å²) >= 11 is 0. The predicted octanol–water partition coefficient (Wildman–Crippen LogP) is 2.55. The number of hydrogen-bond donors (Lipinski definition) is 4. The Labute approximate surface area is 332 Å². The van der Waals surface area contributed by atoms with Crippen molar-refractivity contribution in [3.63, 3.8) is 0 Å². The summed E-state index contributed by atoms with van der Waals surface area (Å²) < 4.78 is 44.0. The van der Waals surface area contributed by atoms with E-state index in [1.54, 1.807) is 45.9 Å². The molecule has 2 aromatic rings. The van der Waals surface area contributed by atoms with Crippen molar-refractivity contribution in [2.75, 3.05) is 20.8 Å². The Morgan fingerprint density at radius 2 is 1.81 bits per heavy atom. The molecule has 17 nitrogen and oxygen atoms in total. The molecule has 0 spiro atoms. The molecule has 310 valence electrons. The Bertz CT molecular complexity index is 2050. The van der Waals surface area contributed by atoms with E-state index in [-0.39, 0.29) is 37.6 Å². The van der Waals surface area contributed by atoms with Crippen molar-refractivity contribution in [1.82, 2.24) is 35.5 Å². The van der Waals surface area contributed by atoms with E-state index in [2.05, 4.69) is 30.6 Å². The first kappa shape index (κ1) is 41.6. The van der Waals surface area contributed by atoms with Crippen LogP contribution in [-0.2, 0) is 33.9 Å². The molecule has 4 N–H and O–H groups in total. The van der Waals surface area contributed by atoms with Gasteiger partial charge in [-0.1, -0.05) is 38.8 Å². The highest BCUT2D eigenvalue weighted by molar-refractivity contribution is 7.91. The first-order chi connectivity index (χ1) is 27.0. The molecule has 18 heteroatoms. The molecule has 2 aliphatic heterocycles. The fraction of sp³-hybridized carbons (Fsp3) is 0.615.